The number of hydrogen-bond donors (Lipinski definition) is 1. The molecule has 106 valence electrons. The molecule has 1 fully saturated rings. The Kier molecular flexibility index (Phi) is 4.54. The molecule has 0 radical (unpaired) electrons. The first kappa shape index (κ1) is 13.9. The Hall–Kier alpha value is -1.11. The molecule has 2 aromatic rings. The fraction of sp³-hybridized carbons (Fsp3) is 0.357. The number of aromatic nitrogens is 1. The highest BCUT2D eigenvalue weighted by Crippen LogP contribution is 2.23. The second-order valence-electron chi connectivity index (χ2n) is 4.56. The van der Waals surface area contributed by atoms with E-state index in [-0.39, 0.29) is 0 Å². The third kappa shape index (κ3) is 3.50. The molecule has 4 nitrogen and oxygen atoms in total. The van der Waals surface area contributed by atoms with Crippen molar-refractivity contribution in [3.8, 4) is 0 Å². The van der Waals surface area contributed by atoms with Gasteiger partial charge in [0.15, 0.2) is 0 Å². The zero-order valence-corrected chi connectivity index (χ0v) is 13.4. The second-order valence-corrected chi connectivity index (χ2v) is 7.11. The first-order chi connectivity index (χ1) is 9.81. The summed E-state index contributed by atoms with van der Waals surface area (Å²) in [6, 6.07) is 8.34. The summed E-state index contributed by atoms with van der Waals surface area (Å²) in [6.45, 7) is 4.24. The van der Waals surface area contributed by atoms with E-state index < -0.39 is 0 Å². The van der Waals surface area contributed by atoms with Crippen molar-refractivity contribution < 1.29 is 4.74 Å². The lowest BCUT2D eigenvalue weighted by atomic mass is 10.3. The zero-order valence-electron chi connectivity index (χ0n) is 11.0. The summed E-state index contributed by atoms with van der Waals surface area (Å²) in [5, 5.41) is 3.39. The van der Waals surface area contributed by atoms with Gasteiger partial charge in [-0.05, 0) is 40.2 Å². The van der Waals surface area contributed by atoms with Gasteiger partial charge >= 0.3 is 0 Å². The Bertz CT molecular complexity index is 552. The van der Waals surface area contributed by atoms with Crippen LogP contribution in [0.25, 0.3) is 0 Å². The second kappa shape index (κ2) is 6.56. The summed E-state index contributed by atoms with van der Waals surface area (Å²) >= 11 is 5.22. The standard InChI is InChI=1S/C14H16BrN3OS/c15-13-3-2-12(20-13)10-16-11-1-4-14(17-9-11)18-5-7-19-8-6-18/h1-4,9,16H,5-8,10H2. The summed E-state index contributed by atoms with van der Waals surface area (Å²) < 4.78 is 6.51. The fourth-order valence-electron chi connectivity index (χ4n) is 2.11. The van der Waals surface area contributed by atoms with Gasteiger partial charge < -0.3 is 15.0 Å². The molecule has 0 atom stereocenters. The molecule has 1 aliphatic heterocycles. The number of nitrogens with one attached hydrogen (secondary N) is 1. The normalized spacial score (nSPS) is 15.3. The monoisotopic (exact) mass is 353 g/mol. The number of thiophene rings is 1. The van der Waals surface area contributed by atoms with Crippen molar-refractivity contribution in [1.29, 1.82) is 0 Å². The number of pyridine rings is 1. The van der Waals surface area contributed by atoms with Crippen LogP contribution in [0.4, 0.5) is 11.5 Å². The SMILES string of the molecule is Brc1ccc(CNc2ccc(N3CCOCC3)nc2)s1. The lowest BCUT2D eigenvalue weighted by molar-refractivity contribution is 0.122. The van der Waals surface area contributed by atoms with Gasteiger partial charge in [-0.2, -0.15) is 0 Å². The number of nitrogens with zero attached hydrogens (tertiary/aromatic N) is 2. The van der Waals surface area contributed by atoms with Crippen LogP contribution < -0.4 is 10.2 Å². The Labute approximate surface area is 130 Å². The molecule has 0 unspecified atom stereocenters. The molecule has 0 aliphatic carbocycles. The minimum Gasteiger partial charge on any atom is -0.379 e. The zero-order chi connectivity index (χ0) is 13.8. The first-order valence-electron chi connectivity index (χ1n) is 6.58. The maximum absolute atomic E-state index is 5.35. The van der Waals surface area contributed by atoms with Gasteiger partial charge in [-0.15, -0.1) is 11.3 Å². The molecule has 0 bridgehead atoms. The van der Waals surface area contributed by atoms with Crippen molar-refractivity contribution in [2.24, 2.45) is 0 Å². The van der Waals surface area contributed by atoms with Crippen LogP contribution in [0, 0.1) is 0 Å². The van der Waals surface area contributed by atoms with Crippen LogP contribution in [0.5, 0.6) is 0 Å². The highest BCUT2D eigenvalue weighted by molar-refractivity contribution is 9.11. The van der Waals surface area contributed by atoms with E-state index in [1.165, 1.54) is 4.88 Å². The lowest BCUT2D eigenvalue weighted by Gasteiger charge is -2.27. The minimum absolute atomic E-state index is 0.787. The number of hydrogen-bond acceptors (Lipinski definition) is 5. The van der Waals surface area contributed by atoms with E-state index in [1.807, 2.05) is 6.20 Å². The predicted molar refractivity (Wildman–Crippen MR) is 86.6 cm³/mol. The van der Waals surface area contributed by atoms with E-state index in [0.29, 0.717) is 0 Å². The molecule has 3 heterocycles. The molecule has 20 heavy (non-hydrogen) atoms. The van der Waals surface area contributed by atoms with Crippen LogP contribution in [-0.2, 0) is 11.3 Å². The quantitative estimate of drug-likeness (QED) is 0.914. The average molecular weight is 354 g/mol. The van der Waals surface area contributed by atoms with Crippen LogP contribution in [0.2, 0.25) is 0 Å². The van der Waals surface area contributed by atoms with E-state index in [0.717, 1.165) is 48.1 Å². The van der Waals surface area contributed by atoms with Gasteiger partial charge in [-0.1, -0.05) is 0 Å². The van der Waals surface area contributed by atoms with E-state index in [9.17, 15) is 0 Å². The molecule has 0 saturated carbocycles. The van der Waals surface area contributed by atoms with Crippen molar-refractivity contribution >= 4 is 38.8 Å². The van der Waals surface area contributed by atoms with Crippen molar-refractivity contribution in [1.82, 2.24) is 4.98 Å². The molecule has 1 saturated heterocycles. The van der Waals surface area contributed by atoms with E-state index >= 15 is 0 Å². The van der Waals surface area contributed by atoms with Gasteiger partial charge in [0.1, 0.15) is 5.82 Å². The maximum Gasteiger partial charge on any atom is 0.128 e. The predicted octanol–water partition coefficient (Wildman–Crippen LogP) is 3.35. The largest absolute Gasteiger partial charge is 0.379 e. The Morgan fingerprint density at radius 1 is 1.25 bits per heavy atom. The lowest BCUT2D eigenvalue weighted by Crippen LogP contribution is -2.36. The molecule has 3 rings (SSSR count). The summed E-state index contributed by atoms with van der Waals surface area (Å²) in [4.78, 5) is 8.08. The summed E-state index contributed by atoms with van der Waals surface area (Å²) in [5.74, 6) is 1.03. The third-order valence-corrected chi connectivity index (χ3v) is 4.80. The molecular weight excluding hydrogens is 338 g/mol. The van der Waals surface area contributed by atoms with Crippen molar-refractivity contribution in [2.75, 3.05) is 36.5 Å². The number of ether oxygens (including phenoxy) is 1. The van der Waals surface area contributed by atoms with Crippen molar-refractivity contribution in [3.05, 3.63) is 39.1 Å². The van der Waals surface area contributed by atoms with Crippen LogP contribution in [0.3, 0.4) is 0 Å². The number of rotatable bonds is 4. The molecule has 0 spiro atoms. The Balaban J connectivity index is 1.58. The summed E-state index contributed by atoms with van der Waals surface area (Å²) in [6.07, 6.45) is 1.90. The van der Waals surface area contributed by atoms with Crippen LogP contribution in [0.1, 0.15) is 4.88 Å². The molecule has 0 aromatic carbocycles. The number of morpholine rings is 1. The molecule has 1 aliphatic rings. The van der Waals surface area contributed by atoms with Gasteiger partial charge in [0, 0.05) is 24.5 Å². The first-order valence-corrected chi connectivity index (χ1v) is 8.19. The van der Waals surface area contributed by atoms with Gasteiger partial charge in [-0.25, -0.2) is 4.98 Å². The molecule has 2 aromatic heterocycles. The van der Waals surface area contributed by atoms with Gasteiger partial charge in [0.25, 0.3) is 0 Å². The highest BCUT2D eigenvalue weighted by atomic mass is 79.9. The molecule has 0 amide bonds. The smallest absolute Gasteiger partial charge is 0.128 e. The minimum atomic E-state index is 0.787. The van der Waals surface area contributed by atoms with E-state index in [1.54, 1.807) is 11.3 Å². The van der Waals surface area contributed by atoms with Crippen LogP contribution in [-0.4, -0.2) is 31.3 Å². The van der Waals surface area contributed by atoms with Gasteiger partial charge in [-0.3, -0.25) is 0 Å². The topological polar surface area (TPSA) is 37.4 Å². The molecule has 1 N–H and O–H groups in total. The van der Waals surface area contributed by atoms with Crippen molar-refractivity contribution in [2.45, 2.75) is 6.54 Å². The highest BCUT2D eigenvalue weighted by Gasteiger charge is 2.11. The van der Waals surface area contributed by atoms with E-state index in [4.69, 9.17) is 4.74 Å². The maximum atomic E-state index is 5.35. The van der Waals surface area contributed by atoms with E-state index in [2.05, 4.69) is 55.4 Å². The van der Waals surface area contributed by atoms with Gasteiger partial charge in [0.05, 0.1) is 28.9 Å². The van der Waals surface area contributed by atoms with Crippen LogP contribution >= 0.6 is 27.3 Å². The molecule has 6 heteroatoms. The van der Waals surface area contributed by atoms with Crippen molar-refractivity contribution in [3.63, 3.8) is 0 Å². The Morgan fingerprint density at radius 2 is 2.10 bits per heavy atom. The Morgan fingerprint density at radius 3 is 2.75 bits per heavy atom. The summed E-state index contributed by atoms with van der Waals surface area (Å²) in [7, 11) is 0. The van der Waals surface area contributed by atoms with Crippen LogP contribution in [0.15, 0.2) is 34.2 Å². The number of anilines is 2. The fourth-order valence-corrected chi connectivity index (χ4v) is 3.53. The summed E-state index contributed by atoms with van der Waals surface area (Å²) in [5.41, 5.74) is 1.05. The molecular formula is C14H16BrN3OS. The third-order valence-electron chi connectivity index (χ3n) is 3.18. The average Bonchev–Trinajstić information content (AvgIpc) is 2.92. The number of halogens is 1. The van der Waals surface area contributed by atoms with Gasteiger partial charge in [0.2, 0.25) is 0 Å².